The summed E-state index contributed by atoms with van der Waals surface area (Å²) in [7, 11) is 0. The molecule has 1 aromatic heterocycles. The fraction of sp³-hybridized carbons (Fsp3) is 0.182. The van der Waals surface area contributed by atoms with Crippen molar-refractivity contribution >= 4 is 23.2 Å². The Kier molecular flexibility index (Phi) is 2.98. The molecule has 0 bridgehead atoms. The van der Waals surface area contributed by atoms with Crippen LogP contribution in [0.15, 0.2) is 30.6 Å². The Labute approximate surface area is 98.3 Å². The normalized spacial score (nSPS) is 12.7. The van der Waals surface area contributed by atoms with Crippen LogP contribution in [0.25, 0.3) is 0 Å². The number of nitrogens with one attached hydrogen (secondary N) is 1. The maximum absolute atomic E-state index is 6.11. The van der Waals surface area contributed by atoms with Crippen molar-refractivity contribution in [2.24, 2.45) is 0 Å². The molecule has 4 heteroatoms. The Bertz CT molecular complexity index is 452. The summed E-state index contributed by atoms with van der Waals surface area (Å²) in [5.41, 5.74) is 0.985. The fourth-order valence-electron chi connectivity index (χ4n) is 1.51. The van der Waals surface area contributed by atoms with Crippen LogP contribution in [-0.4, -0.2) is 9.97 Å². The first-order valence-electron chi connectivity index (χ1n) is 4.62. The SMILES string of the molecule is CC(c1ncc[nH]1)c1cc(Cl)ccc1Cl. The molecule has 2 nitrogen and oxygen atoms in total. The lowest BCUT2D eigenvalue weighted by Crippen LogP contribution is -1.99. The molecule has 0 fully saturated rings. The number of rotatable bonds is 2. The second-order valence-electron chi connectivity index (χ2n) is 3.36. The first kappa shape index (κ1) is 10.5. The summed E-state index contributed by atoms with van der Waals surface area (Å²) in [4.78, 5) is 7.28. The third kappa shape index (κ3) is 2.16. The number of hydrogen-bond acceptors (Lipinski definition) is 1. The number of aromatic amines is 1. The maximum atomic E-state index is 6.11. The average molecular weight is 241 g/mol. The number of benzene rings is 1. The van der Waals surface area contributed by atoms with Crippen LogP contribution in [0, 0.1) is 0 Å². The Hall–Kier alpha value is -0.990. The molecule has 0 saturated heterocycles. The van der Waals surface area contributed by atoms with Gasteiger partial charge in [-0.15, -0.1) is 0 Å². The van der Waals surface area contributed by atoms with Crippen molar-refractivity contribution in [3.05, 3.63) is 52.0 Å². The Morgan fingerprint density at radius 3 is 2.80 bits per heavy atom. The molecule has 0 saturated carbocycles. The summed E-state index contributed by atoms with van der Waals surface area (Å²) in [6.45, 7) is 2.04. The van der Waals surface area contributed by atoms with Gasteiger partial charge in [0.1, 0.15) is 5.82 Å². The van der Waals surface area contributed by atoms with Crippen LogP contribution in [-0.2, 0) is 0 Å². The molecule has 1 aromatic carbocycles. The summed E-state index contributed by atoms with van der Waals surface area (Å²) < 4.78 is 0. The minimum atomic E-state index is 0.117. The number of nitrogens with zero attached hydrogens (tertiary/aromatic N) is 1. The highest BCUT2D eigenvalue weighted by molar-refractivity contribution is 6.33. The van der Waals surface area contributed by atoms with Gasteiger partial charge in [0.25, 0.3) is 0 Å². The summed E-state index contributed by atoms with van der Waals surface area (Å²) >= 11 is 12.0. The van der Waals surface area contributed by atoms with Gasteiger partial charge in [0.2, 0.25) is 0 Å². The molecule has 0 amide bonds. The lowest BCUT2D eigenvalue weighted by molar-refractivity contribution is 0.840. The zero-order valence-corrected chi connectivity index (χ0v) is 9.68. The summed E-state index contributed by atoms with van der Waals surface area (Å²) in [6, 6.07) is 5.46. The molecule has 0 spiro atoms. The van der Waals surface area contributed by atoms with E-state index in [2.05, 4.69) is 9.97 Å². The van der Waals surface area contributed by atoms with E-state index in [1.165, 1.54) is 0 Å². The molecule has 78 valence electrons. The van der Waals surface area contributed by atoms with Crippen LogP contribution in [0.5, 0.6) is 0 Å². The number of aromatic nitrogens is 2. The summed E-state index contributed by atoms with van der Waals surface area (Å²) in [6.07, 6.45) is 3.52. The fourth-order valence-corrected chi connectivity index (χ4v) is 1.97. The van der Waals surface area contributed by atoms with E-state index in [1.807, 2.05) is 13.0 Å². The highest BCUT2D eigenvalue weighted by Crippen LogP contribution is 2.30. The van der Waals surface area contributed by atoms with Crippen molar-refractivity contribution in [1.82, 2.24) is 9.97 Å². The maximum Gasteiger partial charge on any atom is 0.113 e. The quantitative estimate of drug-likeness (QED) is 0.849. The Morgan fingerprint density at radius 2 is 2.13 bits per heavy atom. The zero-order chi connectivity index (χ0) is 10.8. The topological polar surface area (TPSA) is 28.7 Å². The van der Waals surface area contributed by atoms with Crippen LogP contribution in [0.3, 0.4) is 0 Å². The van der Waals surface area contributed by atoms with Crippen LogP contribution in [0.4, 0.5) is 0 Å². The number of halogens is 2. The highest BCUT2D eigenvalue weighted by atomic mass is 35.5. The third-order valence-corrected chi connectivity index (χ3v) is 2.93. The van der Waals surface area contributed by atoms with Gasteiger partial charge in [-0.2, -0.15) is 0 Å². The number of imidazole rings is 1. The van der Waals surface area contributed by atoms with E-state index in [-0.39, 0.29) is 5.92 Å². The van der Waals surface area contributed by atoms with E-state index in [0.29, 0.717) is 10.0 Å². The van der Waals surface area contributed by atoms with Crippen molar-refractivity contribution in [3.8, 4) is 0 Å². The highest BCUT2D eigenvalue weighted by Gasteiger charge is 2.14. The van der Waals surface area contributed by atoms with Gasteiger partial charge >= 0.3 is 0 Å². The molecule has 0 aliphatic heterocycles. The standard InChI is InChI=1S/C11H10Cl2N2/c1-7(11-14-4-5-15-11)9-6-8(12)2-3-10(9)13/h2-7H,1H3,(H,14,15). The summed E-state index contributed by atoms with van der Waals surface area (Å²) in [5.74, 6) is 1.00. The van der Waals surface area contributed by atoms with Gasteiger partial charge in [0, 0.05) is 28.4 Å². The molecule has 1 N–H and O–H groups in total. The van der Waals surface area contributed by atoms with E-state index >= 15 is 0 Å². The number of H-pyrrole nitrogens is 1. The van der Waals surface area contributed by atoms with Crippen molar-refractivity contribution in [1.29, 1.82) is 0 Å². The van der Waals surface area contributed by atoms with Crippen LogP contribution >= 0.6 is 23.2 Å². The Balaban J connectivity index is 2.41. The van der Waals surface area contributed by atoms with Crippen LogP contribution in [0.2, 0.25) is 10.0 Å². The molecule has 0 aliphatic carbocycles. The van der Waals surface area contributed by atoms with E-state index in [4.69, 9.17) is 23.2 Å². The molecular formula is C11H10Cl2N2. The van der Waals surface area contributed by atoms with E-state index in [9.17, 15) is 0 Å². The van der Waals surface area contributed by atoms with Crippen molar-refractivity contribution in [3.63, 3.8) is 0 Å². The summed E-state index contributed by atoms with van der Waals surface area (Å²) in [5, 5.41) is 1.40. The smallest absolute Gasteiger partial charge is 0.113 e. The molecule has 1 unspecified atom stereocenters. The van der Waals surface area contributed by atoms with E-state index in [1.54, 1.807) is 24.5 Å². The monoisotopic (exact) mass is 240 g/mol. The number of hydrogen-bond donors (Lipinski definition) is 1. The Morgan fingerprint density at radius 1 is 1.33 bits per heavy atom. The first-order chi connectivity index (χ1) is 7.18. The lowest BCUT2D eigenvalue weighted by Gasteiger charge is -2.11. The van der Waals surface area contributed by atoms with Gasteiger partial charge in [-0.25, -0.2) is 4.98 Å². The molecule has 2 aromatic rings. The van der Waals surface area contributed by atoms with Gasteiger partial charge in [-0.1, -0.05) is 30.1 Å². The molecular weight excluding hydrogens is 231 g/mol. The third-order valence-electron chi connectivity index (χ3n) is 2.35. The van der Waals surface area contributed by atoms with Crippen LogP contribution < -0.4 is 0 Å². The minimum absolute atomic E-state index is 0.117. The van der Waals surface area contributed by atoms with Gasteiger partial charge in [0.05, 0.1) is 0 Å². The average Bonchev–Trinajstić information content (AvgIpc) is 2.74. The van der Waals surface area contributed by atoms with Gasteiger partial charge in [-0.3, -0.25) is 0 Å². The van der Waals surface area contributed by atoms with Gasteiger partial charge in [-0.05, 0) is 23.8 Å². The second kappa shape index (κ2) is 4.25. The van der Waals surface area contributed by atoms with E-state index < -0.39 is 0 Å². The first-order valence-corrected chi connectivity index (χ1v) is 5.38. The van der Waals surface area contributed by atoms with Crippen molar-refractivity contribution < 1.29 is 0 Å². The molecule has 15 heavy (non-hydrogen) atoms. The largest absolute Gasteiger partial charge is 0.348 e. The predicted molar refractivity (Wildman–Crippen MR) is 62.6 cm³/mol. The molecule has 1 atom stereocenters. The van der Waals surface area contributed by atoms with Crippen molar-refractivity contribution in [2.75, 3.05) is 0 Å². The zero-order valence-electron chi connectivity index (χ0n) is 8.17. The molecule has 2 rings (SSSR count). The van der Waals surface area contributed by atoms with Gasteiger partial charge < -0.3 is 4.98 Å². The van der Waals surface area contributed by atoms with E-state index in [0.717, 1.165) is 11.4 Å². The molecule has 1 heterocycles. The molecule has 0 aliphatic rings. The minimum Gasteiger partial charge on any atom is -0.348 e. The second-order valence-corrected chi connectivity index (χ2v) is 4.21. The lowest BCUT2D eigenvalue weighted by atomic mass is 10.0. The van der Waals surface area contributed by atoms with Gasteiger partial charge in [0.15, 0.2) is 0 Å². The molecule has 0 radical (unpaired) electrons. The predicted octanol–water partition coefficient (Wildman–Crippen LogP) is 3.87. The van der Waals surface area contributed by atoms with Crippen LogP contribution in [0.1, 0.15) is 24.2 Å². The van der Waals surface area contributed by atoms with Crippen molar-refractivity contribution in [2.45, 2.75) is 12.8 Å².